The van der Waals surface area contributed by atoms with Crippen molar-refractivity contribution >= 4 is 15.8 Å². The highest BCUT2D eigenvalue weighted by Gasteiger charge is 2.47. The van der Waals surface area contributed by atoms with Crippen LogP contribution in [0.25, 0.3) is 0 Å². The second-order valence-electron chi connectivity index (χ2n) is 3.21. The first-order valence-corrected chi connectivity index (χ1v) is 7.84. The Morgan fingerprint density at radius 1 is 0.895 bits per heavy atom. The zero-order valence-corrected chi connectivity index (χ0v) is 12.8. The van der Waals surface area contributed by atoms with Gasteiger partial charge in [-0.15, -0.1) is 0 Å². The molecular formula is C13H22O5Si. The van der Waals surface area contributed by atoms with E-state index in [4.69, 9.17) is 22.5 Å². The minimum Gasteiger partial charge on any atom is -0.480 e. The van der Waals surface area contributed by atoms with Crippen LogP contribution in [0, 0.1) is 0 Å². The number of benzene rings is 1. The molecule has 1 aromatic carbocycles. The fraction of sp³-hybridized carbons (Fsp3) is 0.462. The Balaban J connectivity index is 0.00000154. The van der Waals surface area contributed by atoms with Gasteiger partial charge in [-0.25, -0.2) is 0 Å². The molecule has 0 heterocycles. The fourth-order valence-electron chi connectivity index (χ4n) is 1.38. The van der Waals surface area contributed by atoms with Gasteiger partial charge in [0.2, 0.25) is 0 Å². The van der Waals surface area contributed by atoms with Crippen LogP contribution in [0.3, 0.4) is 0 Å². The summed E-state index contributed by atoms with van der Waals surface area (Å²) in [5, 5.41) is 0. The molecule has 0 N–H and O–H groups in total. The summed E-state index contributed by atoms with van der Waals surface area (Å²) in [7, 11) is -3.04. The van der Waals surface area contributed by atoms with Gasteiger partial charge >= 0.3 is 9.05 Å². The zero-order valence-electron chi connectivity index (χ0n) is 11.8. The van der Waals surface area contributed by atoms with Gasteiger partial charge in [0, 0.05) is 19.8 Å². The van der Waals surface area contributed by atoms with E-state index in [9.17, 15) is 0 Å². The maximum atomic E-state index is 8.00. The predicted octanol–water partition coefficient (Wildman–Crippen LogP) is 2.43. The van der Waals surface area contributed by atoms with Crippen LogP contribution in [-0.4, -0.2) is 35.7 Å². The lowest BCUT2D eigenvalue weighted by Crippen LogP contribution is -2.52. The molecule has 0 spiro atoms. The van der Waals surface area contributed by atoms with Crippen LogP contribution in [0.4, 0.5) is 0 Å². The lowest BCUT2D eigenvalue weighted by atomic mass is 10.3. The Labute approximate surface area is 115 Å². The van der Waals surface area contributed by atoms with Gasteiger partial charge < -0.3 is 22.5 Å². The molecule has 0 bridgehead atoms. The molecule has 0 saturated carbocycles. The van der Waals surface area contributed by atoms with Gasteiger partial charge in [-0.3, -0.25) is 0 Å². The molecule has 19 heavy (non-hydrogen) atoms. The van der Waals surface area contributed by atoms with E-state index in [1.165, 1.54) is 0 Å². The largest absolute Gasteiger partial charge is 0.749 e. The van der Waals surface area contributed by atoms with Crippen LogP contribution in [0.1, 0.15) is 20.8 Å². The second-order valence-corrected chi connectivity index (χ2v) is 5.28. The average Bonchev–Trinajstić information content (AvgIpc) is 2.43. The maximum absolute atomic E-state index is 8.00. The van der Waals surface area contributed by atoms with Crippen molar-refractivity contribution in [2.45, 2.75) is 20.8 Å². The molecule has 0 fully saturated rings. The normalized spacial score (nSPS) is 10.5. The molecule has 0 atom stereocenters. The highest BCUT2D eigenvalue weighted by molar-refractivity contribution is 6.54. The second kappa shape index (κ2) is 10.7. The van der Waals surface area contributed by atoms with Gasteiger partial charge in [0.25, 0.3) is 0 Å². The van der Waals surface area contributed by atoms with Gasteiger partial charge in [0.05, 0.1) is 0 Å². The molecule has 0 aromatic heterocycles. The van der Waals surface area contributed by atoms with E-state index in [-0.39, 0.29) is 0 Å². The van der Waals surface area contributed by atoms with Gasteiger partial charge in [0.15, 0.2) is 0 Å². The van der Waals surface area contributed by atoms with Gasteiger partial charge in [-0.1, -0.05) is 18.2 Å². The number of carbonyl (C=O) groups is 1. The van der Waals surface area contributed by atoms with E-state index in [0.717, 1.165) is 0 Å². The summed E-state index contributed by atoms with van der Waals surface area (Å²) in [6, 6.07) is 9.45. The Hall–Kier alpha value is -1.21. The van der Waals surface area contributed by atoms with Crippen molar-refractivity contribution in [3.05, 3.63) is 30.3 Å². The first-order valence-electron chi connectivity index (χ1n) is 6.21. The summed E-state index contributed by atoms with van der Waals surface area (Å²) in [6.45, 7) is 9.19. The van der Waals surface area contributed by atoms with E-state index in [1.54, 1.807) is 0 Å². The van der Waals surface area contributed by atoms with Crippen molar-refractivity contribution < 1.29 is 22.5 Å². The summed E-state index contributed by atoms with van der Waals surface area (Å²) in [4.78, 5) is 8.00. The standard InChI is InChI=1S/C12H20O4Si.CH2O/c1-4-13-17(14-5-2,15-6-3)16-12-10-8-7-9-11-12;1-2/h7-11H,4-6H2,1-3H3;1H2. The van der Waals surface area contributed by atoms with Crippen LogP contribution in [0.5, 0.6) is 5.75 Å². The molecule has 0 saturated heterocycles. The number of hydrogen-bond donors (Lipinski definition) is 0. The fourth-order valence-corrected chi connectivity index (χ4v) is 3.29. The van der Waals surface area contributed by atoms with Crippen molar-refractivity contribution in [2.24, 2.45) is 0 Å². The molecule has 5 nitrogen and oxygen atoms in total. The SMILES string of the molecule is C=O.CCO[Si](OCC)(OCC)Oc1ccccc1. The van der Waals surface area contributed by atoms with Crippen LogP contribution < -0.4 is 4.43 Å². The minimum absolute atomic E-state index is 0.499. The number of carbonyl (C=O) groups excluding carboxylic acids is 1. The molecule has 0 radical (unpaired) electrons. The highest BCUT2D eigenvalue weighted by Crippen LogP contribution is 2.18. The average molecular weight is 286 g/mol. The van der Waals surface area contributed by atoms with E-state index in [1.807, 2.05) is 57.9 Å². The van der Waals surface area contributed by atoms with Crippen molar-refractivity contribution in [2.75, 3.05) is 19.8 Å². The summed E-state index contributed by atoms with van der Waals surface area (Å²) in [5.41, 5.74) is 0. The van der Waals surface area contributed by atoms with Crippen LogP contribution in [-0.2, 0) is 18.1 Å². The topological polar surface area (TPSA) is 54.0 Å². The van der Waals surface area contributed by atoms with E-state index >= 15 is 0 Å². The molecule has 0 unspecified atom stereocenters. The zero-order chi connectivity index (χ0) is 14.6. The van der Waals surface area contributed by atoms with Gasteiger partial charge in [0.1, 0.15) is 12.5 Å². The summed E-state index contributed by atoms with van der Waals surface area (Å²) < 4.78 is 22.6. The quantitative estimate of drug-likeness (QED) is 0.687. The summed E-state index contributed by atoms with van der Waals surface area (Å²) in [6.07, 6.45) is 0. The molecule has 0 amide bonds. The lowest BCUT2D eigenvalue weighted by molar-refractivity contribution is -0.0980. The number of rotatable bonds is 8. The smallest absolute Gasteiger partial charge is 0.480 e. The Bertz CT molecular complexity index is 303. The van der Waals surface area contributed by atoms with E-state index in [0.29, 0.717) is 25.6 Å². The lowest BCUT2D eigenvalue weighted by Gasteiger charge is -2.26. The van der Waals surface area contributed by atoms with Crippen molar-refractivity contribution in [3.63, 3.8) is 0 Å². The Morgan fingerprint density at radius 2 is 1.32 bits per heavy atom. The monoisotopic (exact) mass is 286 g/mol. The first kappa shape index (κ1) is 17.8. The van der Waals surface area contributed by atoms with Gasteiger partial charge in [-0.05, 0) is 32.9 Å². The molecule has 0 aliphatic carbocycles. The van der Waals surface area contributed by atoms with Crippen molar-refractivity contribution in [1.82, 2.24) is 0 Å². The van der Waals surface area contributed by atoms with Crippen LogP contribution in [0.15, 0.2) is 30.3 Å². The molecule has 0 aliphatic heterocycles. The summed E-state index contributed by atoms with van der Waals surface area (Å²) in [5.74, 6) is 0.703. The number of hydrogen-bond acceptors (Lipinski definition) is 5. The molecular weight excluding hydrogens is 264 g/mol. The third-order valence-corrected chi connectivity index (χ3v) is 4.36. The highest BCUT2D eigenvalue weighted by atomic mass is 28.4. The van der Waals surface area contributed by atoms with Crippen LogP contribution >= 0.6 is 0 Å². The Morgan fingerprint density at radius 3 is 1.68 bits per heavy atom. The van der Waals surface area contributed by atoms with E-state index in [2.05, 4.69) is 0 Å². The third-order valence-electron chi connectivity index (χ3n) is 1.95. The molecule has 0 aliphatic rings. The molecule has 6 heteroatoms. The first-order chi connectivity index (χ1) is 9.26. The Kier molecular flexibility index (Phi) is 10.0. The third kappa shape index (κ3) is 6.49. The maximum Gasteiger partial charge on any atom is 0.749 e. The molecule has 1 aromatic rings. The van der Waals surface area contributed by atoms with Crippen LogP contribution in [0.2, 0.25) is 0 Å². The summed E-state index contributed by atoms with van der Waals surface area (Å²) >= 11 is 0. The van der Waals surface area contributed by atoms with Gasteiger partial charge in [-0.2, -0.15) is 0 Å². The van der Waals surface area contributed by atoms with Crippen molar-refractivity contribution in [1.29, 1.82) is 0 Å². The van der Waals surface area contributed by atoms with E-state index < -0.39 is 9.05 Å². The minimum atomic E-state index is -3.04. The predicted molar refractivity (Wildman–Crippen MR) is 74.8 cm³/mol. The van der Waals surface area contributed by atoms with Crippen molar-refractivity contribution in [3.8, 4) is 5.75 Å². The molecule has 108 valence electrons. The molecule has 1 rings (SSSR count). The number of para-hydroxylation sites is 1.